The molecule has 6 rings (SSSR count). The Bertz CT molecular complexity index is 1720. The molecule has 0 saturated carbocycles. The Morgan fingerprint density at radius 2 is 1.31 bits per heavy atom. The fourth-order valence-corrected chi connectivity index (χ4v) is 4.95. The third-order valence-electron chi connectivity index (χ3n) is 6.78. The van der Waals surface area contributed by atoms with Gasteiger partial charge in [0, 0.05) is 18.2 Å². The van der Waals surface area contributed by atoms with Crippen LogP contribution in [0.4, 0.5) is 5.69 Å². The number of anilines is 1. The highest BCUT2D eigenvalue weighted by atomic mass is 16.1. The summed E-state index contributed by atoms with van der Waals surface area (Å²) in [6, 6.07) is 31.1. The third-order valence-corrected chi connectivity index (χ3v) is 6.78. The van der Waals surface area contributed by atoms with Crippen LogP contribution >= 0.6 is 0 Å². The molecule has 170 valence electrons. The summed E-state index contributed by atoms with van der Waals surface area (Å²) in [5.41, 5.74) is 5.37. The van der Waals surface area contributed by atoms with Crippen molar-refractivity contribution < 1.29 is 4.79 Å². The van der Waals surface area contributed by atoms with Crippen molar-refractivity contribution in [3.8, 4) is 5.69 Å². The van der Waals surface area contributed by atoms with Crippen molar-refractivity contribution in [3.05, 3.63) is 130 Å². The zero-order valence-corrected chi connectivity index (χ0v) is 19.4. The van der Waals surface area contributed by atoms with Crippen molar-refractivity contribution in [2.75, 3.05) is 5.32 Å². The van der Waals surface area contributed by atoms with Crippen LogP contribution in [0.1, 0.15) is 27.2 Å². The number of allylic oxidation sites excluding steroid dienone is 1. The number of nitrogens with zero attached hydrogens (tertiary/aromatic N) is 2. The first kappa shape index (κ1) is 20.9. The summed E-state index contributed by atoms with van der Waals surface area (Å²) in [6.07, 6.45) is 0. The Kier molecular flexibility index (Phi) is 4.78. The monoisotopic (exact) mass is 457 g/mol. The second kappa shape index (κ2) is 7.99. The highest BCUT2D eigenvalue weighted by Gasteiger charge is 2.32. The minimum atomic E-state index is -0.169. The molecule has 4 aromatic carbocycles. The highest BCUT2D eigenvalue weighted by molar-refractivity contribution is 6.42. The molecule has 1 aromatic heterocycles. The zero-order chi connectivity index (χ0) is 24.1. The fourth-order valence-electron chi connectivity index (χ4n) is 4.95. The number of para-hydroxylation sites is 1. The maximum absolute atomic E-state index is 13.7. The van der Waals surface area contributed by atoms with Crippen molar-refractivity contribution >= 4 is 33.5 Å². The van der Waals surface area contributed by atoms with Crippen LogP contribution in [-0.4, -0.2) is 15.1 Å². The van der Waals surface area contributed by atoms with Crippen molar-refractivity contribution in [1.29, 1.82) is 0 Å². The first-order chi connectivity index (χ1) is 17.1. The number of hydrogen-bond acceptors (Lipinski definition) is 3. The predicted octanol–water partition coefficient (Wildman–Crippen LogP) is 5.81. The molecule has 0 unspecified atom stereocenters. The van der Waals surface area contributed by atoms with Crippen LogP contribution in [0.2, 0.25) is 0 Å². The van der Waals surface area contributed by atoms with E-state index in [1.807, 2.05) is 116 Å². The van der Waals surface area contributed by atoms with Crippen LogP contribution in [0.15, 0.2) is 102 Å². The van der Waals surface area contributed by atoms with Crippen LogP contribution in [0.5, 0.6) is 0 Å². The summed E-state index contributed by atoms with van der Waals surface area (Å²) < 4.78 is 3.47. The van der Waals surface area contributed by atoms with Crippen LogP contribution in [0.3, 0.4) is 0 Å². The van der Waals surface area contributed by atoms with E-state index in [1.165, 1.54) is 0 Å². The number of carbonyl (C=O) groups excluding carboxylic acids is 1. The molecule has 35 heavy (non-hydrogen) atoms. The van der Waals surface area contributed by atoms with Crippen LogP contribution in [-0.2, 0) is 7.05 Å². The molecule has 5 aromatic rings. The van der Waals surface area contributed by atoms with E-state index < -0.39 is 0 Å². The average Bonchev–Trinajstić information content (AvgIpc) is 3.29. The minimum Gasteiger partial charge on any atom is -0.348 e. The lowest BCUT2D eigenvalue weighted by atomic mass is 9.95. The Balaban J connectivity index is 1.60. The molecular formula is C30H23N3O2. The number of Topliss-reactive ketones (excluding diaryl/α,β-unsaturated/α-hetero) is 1. The number of nitrogens with one attached hydrogen (secondary N) is 1. The number of hydrogen-bond donors (Lipinski definition) is 1. The number of rotatable bonds is 4. The molecular weight excluding hydrogens is 434 g/mol. The summed E-state index contributed by atoms with van der Waals surface area (Å²) in [4.78, 5) is 27.3. The van der Waals surface area contributed by atoms with Crippen molar-refractivity contribution in [1.82, 2.24) is 9.36 Å². The lowest BCUT2D eigenvalue weighted by Crippen LogP contribution is -2.20. The second-order valence-electron chi connectivity index (χ2n) is 8.71. The normalized spacial score (nSPS) is 12.9. The van der Waals surface area contributed by atoms with Gasteiger partial charge in [-0.25, -0.2) is 4.68 Å². The average molecular weight is 458 g/mol. The van der Waals surface area contributed by atoms with Crippen molar-refractivity contribution in [2.45, 2.75) is 6.92 Å². The van der Waals surface area contributed by atoms with Gasteiger partial charge in [0.2, 0.25) is 0 Å². The lowest BCUT2D eigenvalue weighted by Gasteiger charge is -2.12. The fraction of sp³-hybridized carbons (Fsp3) is 0.0667. The molecule has 0 aliphatic heterocycles. The van der Waals surface area contributed by atoms with Gasteiger partial charge in [0.05, 0.1) is 22.7 Å². The molecule has 1 aliphatic rings. The highest BCUT2D eigenvalue weighted by Crippen LogP contribution is 2.41. The molecule has 0 saturated heterocycles. The smallest absolute Gasteiger partial charge is 0.295 e. The van der Waals surface area contributed by atoms with E-state index in [0.29, 0.717) is 22.5 Å². The molecule has 5 heteroatoms. The standard InChI is InChI=1S/C30H23N3O2/c1-19-27(30(35)33(32(19)2)21-13-4-3-5-14-21)31-28-24-16-8-9-17-25(24)29(34)26(28)23-18-10-12-20-11-6-7-15-22(20)23/h3-18,31H,1-2H3. The van der Waals surface area contributed by atoms with Gasteiger partial charge in [-0.3, -0.25) is 14.3 Å². The third kappa shape index (κ3) is 3.16. The summed E-state index contributed by atoms with van der Waals surface area (Å²) in [5.74, 6) is -0.0450. The molecule has 0 amide bonds. The summed E-state index contributed by atoms with van der Waals surface area (Å²) >= 11 is 0. The van der Waals surface area contributed by atoms with Gasteiger partial charge in [0.1, 0.15) is 5.69 Å². The minimum absolute atomic E-state index is 0.0450. The molecule has 5 nitrogen and oxygen atoms in total. The summed E-state index contributed by atoms with van der Waals surface area (Å²) in [5, 5.41) is 5.47. The Morgan fingerprint density at radius 3 is 2.11 bits per heavy atom. The maximum Gasteiger partial charge on any atom is 0.295 e. The predicted molar refractivity (Wildman–Crippen MR) is 141 cm³/mol. The van der Waals surface area contributed by atoms with Gasteiger partial charge in [-0.1, -0.05) is 84.9 Å². The van der Waals surface area contributed by atoms with Gasteiger partial charge in [-0.05, 0) is 35.4 Å². The zero-order valence-electron chi connectivity index (χ0n) is 19.4. The van der Waals surface area contributed by atoms with Crippen LogP contribution in [0.25, 0.3) is 27.7 Å². The van der Waals surface area contributed by atoms with E-state index in [0.717, 1.165) is 33.3 Å². The van der Waals surface area contributed by atoms with Crippen LogP contribution < -0.4 is 10.9 Å². The summed E-state index contributed by atoms with van der Waals surface area (Å²) in [6.45, 7) is 1.91. The maximum atomic E-state index is 13.7. The molecule has 0 radical (unpaired) electrons. The van der Waals surface area contributed by atoms with Crippen LogP contribution in [0, 0.1) is 6.92 Å². The Hall–Kier alpha value is -4.64. The van der Waals surface area contributed by atoms with E-state index in [2.05, 4.69) is 5.32 Å². The topological polar surface area (TPSA) is 56.0 Å². The van der Waals surface area contributed by atoms with Crippen molar-refractivity contribution in [2.24, 2.45) is 7.05 Å². The number of benzene rings is 4. The van der Waals surface area contributed by atoms with Gasteiger partial charge >= 0.3 is 0 Å². The first-order valence-electron chi connectivity index (χ1n) is 11.5. The largest absolute Gasteiger partial charge is 0.348 e. The van der Waals surface area contributed by atoms with E-state index in [1.54, 1.807) is 4.68 Å². The van der Waals surface area contributed by atoms with Gasteiger partial charge in [0.25, 0.3) is 5.56 Å². The van der Waals surface area contributed by atoms with E-state index >= 15 is 0 Å². The van der Waals surface area contributed by atoms with E-state index in [4.69, 9.17) is 0 Å². The van der Waals surface area contributed by atoms with Gasteiger partial charge in [0.15, 0.2) is 5.78 Å². The van der Waals surface area contributed by atoms with Gasteiger partial charge in [-0.2, -0.15) is 0 Å². The number of ketones is 1. The molecule has 1 heterocycles. The molecule has 0 atom stereocenters. The lowest BCUT2D eigenvalue weighted by molar-refractivity contribution is 0.105. The van der Waals surface area contributed by atoms with Crippen molar-refractivity contribution in [3.63, 3.8) is 0 Å². The molecule has 0 bridgehead atoms. The number of fused-ring (bicyclic) bond motifs is 2. The SMILES string of the molecule is Cc1c(NC2=C(c3cccc4ccccc34)C(=O)c3ccccc32)c(=O)n(-c2ccccc2)n1C. The number of carbonyl (C=O) groups is 1. The molecule has 1 aliphatic carbocycles. The second-order valence-corrected chi connectivity index (χ2v) is 8.71. The molecule has 1 N–H and O–H groups in total. The van der Waals surface area contributed by atoms with Gasteiger partial charge < -0.3 is 5.32 Å². The molecule has 0 fully saturated rings. The summed E-state index contributed by atoms with van der Waals surface area (Å²) in [7, 11) is 1.86. The molecule has 0 spiro atoms. The Labute approximate surface area is 202 Å². The van der Waals surface area contributed by atoms with E-state index in [-0.39, 0.29) is 11.3 Å². The van der Waals surface area contributed by atoms with Gasteiger partial charge in [-0.15, -0.1) is 0 Å². The number of aromatic nitrogens is 2. The quantitative estimate of drug-likeness (QED) is 0.370. The first-order valence-corrected chi connectivity index (χ1v) is 11.5. The van der Waals surface area contributed by atoms with E-state index in [9.17, 15) is 9.59 Å². The Morgan fingerprint density at radius 1 is 0.686 bits per heavy atom.